The predicted octanol–water partition coefficient (Wildman–Crippen LogP) is 2.07. The summed E-state index contributed by atoms with van der Waals surface area (Å²) in [6.45, 7) is 0.204. The maximum absolute atomic E-state index is 10.5. The Morgan fingerprint density at radius 3 is 2.27 bits per heavy atom. The van der Waals surface area contributed by atoms with Crippen molar-refractivity contribution in [3.8, 4) is 0 Å². The monoisotopic (exact) mass is 274 g/mol. The van der Waals surface area contributed by atoms with E-state index in [9.17, 15) is 10.2 Å². The van der Waals surface area contributed by atoms with Gasteiger partial charge in [-0.3, -0.25) is 0 Å². The summed E-state index contributed by atoms with van der Waals surface area (Å²) in [7, 11) is 0. The second-order valence-corrected chi connectivity index (χ2v) is 7.30. The summed E-state index contributed by atoms with van der Waals surface area (Å²) in [5, 5.41) is 19.9. The zero-order valence-electron chi connectivity index (χ0n) is 8.95. The van der Waals surface area contributed by atoms with Crippen LogP contribution >= 0.6 is 15.9 Å². The molecule has 0 saturated heterocycles. The Bertz CT molecular complexity index is 265. The highest BCUT2D eigenvalue weighted by molar-refractivity contribution is 9.09. The SMILES string of the molecule is OCC(Br)C12CC3CC(CC(O)(C3)C1)C2. The maximum Gasteiger partial charge on any atom is 0.0658 e. The molecule has 4 rings (SSSR count). The molecular weight excluding hydrogens is 256 g/mol. The van der Waals surface area contributed by atoms with Gasteiger partial charge in [-0.1, -0.05) is 15.9 Å². The first-order chi connectivity index (χ1) is 7.05. The van der Waals surface area contributed by atoms with Crippen molar-refractivity contribution >= 4 is 15.9 Å². The molecule has 3 atom stereocenters. The number of hydrogen-bond acceptors (Lipinski definition) is 2. The Kier molecular flexibility index (Phi) is 2.25. The maximum atomic E-state index is 10.5. The number of alkyl halides is 1. The van der Waals surface area contributed by atoms with Crippen molar-refractivity contribution in [2.45, 2.75) is 49.0 Å². The summed E-state index contributed by atoms with van der Waals surface area (Å²) in [5.41, 5.74) is -0.209. The van der Waals surface area contributed by atoms with Gasteiger partial charge in [-0.25, -0.2) is 0 Å². The van der Waals surface area contributed by atoms with Gasteiger partial charge in [0.2, 0.25) is 0 Å². The van der Waals surface area contributed by atoms with Crippen molar-refractivity contribution in [3.05, 3.63) is 0 Å². The van der Waals surface area contributed by atoms with Gasteiger partial charge in [0.25, 0.3) is 0 Å². The quantitative estimate of drug-likeness (QED) is 0.757. The van der Waals surface area contributed by atoms with E-state index in [4.69, 9.17) is 0 Å². The Labute approximate surface area is 99.2 Å². The molecule has 2 nitrogen and oxygen atoms in total. The number of halogens is 1. The third kappa shape index (κ3) is 1.50. The highest BCUT2D eigenvalue weighted by atomic mass is 79.9. The molecular formula is C12H19BrO2. The largest absolute Gasteiger partial charge is 0.395 e. The highest BCUT2D eigenvalue weighted by Crippen LogP contribution is 2.63. The average molecular weight is 275 g/mol. The molecule has 2 N–H and O–H groups in total. The lowest BCUT2D eigenvalue weighted by Crippen LogP contribution is -2.58. The van der Waals surface area contributed by atoms with Crippen LogP contribution in [-0.2, 0) is 0 Å². The van der Waals surface area contributed by atoms with E-state index >= 15 is 0 Å². The molecule has 0 aliphatic heterocycles. The van der Waals surface area contributed by atoms with Crippen molar-refractivity contribution in [1.29, 1.82) is 0 Å². The molecule has 86 valence electrons. The van der Waals surface area contributed by atoms with Crippen molar-refractivity contribution in [2.75, 3.05) is 6.61 Å². The van der Waals surface area contributed by atoms with Crippen LogP contribution in [0.25, 0.3) is 0 Å². The zero-order chi connectivity index (χ0) is 10.7. The van der Waals surface area contributed by atoms with Crippen molar-refractivity contribution in [2.24, 2.45) is 17.3 Å². The van der Waals surface area contributed by atoms with Crippen LogP contribution < -0.4 is 0 Å². The van der Waals surface area contributed by atoms with E-state index in [1.165, 1.54) is 19.3 Å². The lowest BCUT2D eigenvalue weighted by molar-refractivity contribution is -0.165. The Morgan fingerprint density at radius 1 is 1.20 bits per heavy atom. The second kappa shape index (κ2) is 3.21. The molecule has 4 saturated carbocycles. The Balaban J connectivity index is 1.92. The minimum Gasteiger partial charge on any atom is -0.395 e. The van der Waals surface area contributed by atoms with Crippen molar-refractivity contribution in [3.63, 3.8) is 0 Å². The Morgan fingerprint density at radius 2 is 1.80 bits per heavy atom. The summed E-state index contributed by atoms with van der Waals surface area (Å²) in [4.78, 5) is 0.183. The number of rotatable bonds is 2. The van der Waals surface area contributed by atoms with E-state index in [0.29, 0.717) is 11.8 Å². The highest BCUT2D eigenvalue weighted by Gasteiger charge is 2.58. The molecule has 0 heterocycles. The van der Waals surface area contributed by atoms with E-state index in [2.05, 4.69) is 15.9 Å². The van der Waals surface area contributed by atoms with Gasteiger partial charge >= 0.3 is 0 Å². The normalized spacial score (nSPS) is 54.6. The molecule has 4 aliphatic carbocycles. The first kappa shape index (κ1) is 10.5. The molecule has 3 unspecified atom stereocenters. The summed E-state index contributed by atoms with van der Waals surface area (Å²) in [5.74, 6) is 1.42. The van der Waals surface area contributed by atoms with Crippen molar-refractivity contribution < 1.29 is 10.2 Å². The van der Waals surface area contributed by atoms with E-state index in [1.54, 1.807) is 0 Å². The topological polar surface area (TPSA) is 40.5 Å². The van der Waals surface area contributed by atoms with E-state index in [0.717, 1.165) is 19.3 Å². The van der Waals surface area contributed by atoms with Crippen LogP contribution in [0.4, 0.5) is 0 Å². The first-order valence-corrected chi connectivity index (χ1v) is 6.94. The second-order valence-electron chi connectivity index (χ2n) is 6.20. The lowest BCUT2D eigenvalue weighted by atomic mass is 9.47. The minimum absolute atomic E-state index is 0.183. The van der Waals surface area contributed by atoms with Crippen LogP contribution in [0.5, 0.6) is 0 Å². The van der Waals surface area contributed by atoms with Crippen molar-refractivity contribution in [1.82, 2.24) is 0 Å². The van der Waals surface area contributed by atoms with Crippen LogP contribution in [0, 0.1) is 17.3 Å². The van der Waals surface area contributed by atoms with Crippen LogP contribution in [0.1, 0.15) is 38.5 Å². The van der Waals surface area contributed by atoms with Gasteiger partial charge in [0.1, 0.15) is 0 Å². The fourth-order valence-electron chi connectivity index (χ4n) is 4.84. The van der Waals surface area contributed by atoms with Gasteiger partial charge in [-0.15, -0.1) is 0 Å². The molecule has 0 spiro atoms. The van der Waals surface area contributed by atoms with Gasteiger partial charge in [-0.05, 0) is 55.8 Å². The molecule has 0 aromatic rings. The number of aliphatic hydroxyl groups is 2. The number of hydrogen-bond donors (Lipinski definition) is 2. The molecule has 0 amide bonds. The molecule has 4 fully saturated rings. The standard InChI is InChI=1S/C12H19BrO2/c13-10(6-14)11-2-8-1-9(3-11)5-12(15,4-8)7-11/h8-10,14-15H,1-7H2. The minimum atomic E-state index is -0.398. The van der Waals surface area contributed by atoms with Crippen LogP contribution in [0.15, 0.2) is 0 Å². The fourth-order valence-corrected chi connectivity index (χ4v) is 5.38. The molecule has 0 aromatic heterocycles. The third-order valence-electron chi connectivity index (χ3n) is 4.90. The molecule has 4 aliphatic rings. The van der Waals surface area contributed by atoms with Gasteiger partial charge in [0.05, 0.1) is 12.2 Å². The lowest BCUT2D eigenvalue weighted by Gasteiger charge is -2.61. The summed E-state index contributed by atoms with van der Waals surface area (Å²) in [6.07, 6.45) is 6.66. The summed E-state index contributed by atoms with van der Waals surface area (Å²) in [6, 6.07) is 0. The molecule has 15 heavy (non-hydrogen) atoms. The van der Waals surface area contributed by atoms with Gasteiger partial charge < -0.3 is 10.2 Å². The van der Waals surface area contributed by atoms with Crippen LogP contribution in [0.2, 0.25) is 0 Å². The van der Waals surface area contributed by atoms with E-state index < -0.39 is 5.60 Å². The van der Waals surface area contributed by atoms with Crippen LogP contribution in [0.3, 0.4) is 0 Å². The first-order valence-electron chi connectivity index (χ1n) is 6.03. The molecule has 0 aromatic carbocycles. The molecule has 4 bridgehead atoms. The fraction of sp³-hybridized carbons (Fsp3) is 1.00. The van der Waals surface area contributed by atoms with Gasteiger partial charge in [0, 0.05) is 4.83 Å². The Hall–Kier alpha value is 0.400. The summed E-state index contributed by atoms with van der Waals surface area (Å²) < 4.78 is 0. The van der Waals surface area contributed by atoms with E-state index in [-0.39, 0.29) is 16.8 Å². The summed E-state index contributed by atoms with van der Waals surface area (Å²) >= 11 is 3.63. The smallest absolute Gasteiger partial charge is 0.0658 e. The van der Waals surface area contributed by atoms with Gasteiger partial charge in [-0.2, -0.15) is 0 Å². The number of aliphatic hydroxyl groups excluding tert-OH is 1. The molecule has 0 radical (unpaired) electrons. The van der Waals surface area contributed by atoms with Crippen LogP contribution in [-0.4, -0.2) is 27.2 Å². The average Bonchev–Trinajstić information content (AvgIpc) is 2.12. The van der Waals surface area contributed by atoms with E-state index in [1.807, 2.05) is 0 Å². The third-order valence-corrected chi connectivity index (χ3v) is 6.16. The molecule has 3 heteroatoms. The predicted molar refractivity (Wildman–Crippen MR) is 61.9 cm³/mol. The van der Waals surface area contributed by atoms with Gasteiger partial charge in [0.15, 0.2) is 0 Å². The zero-order valence-corrected chi connectivity index (χ0v) is 10.5.